The van der Waals surface area contributed by atoms with E-state index in [0.717, 1.165) is 4.80 Å². The van der Waals surface area contributed by atoms with E-state index < -0.39 is 12.0 Å². The fourth-order valence-corrected chi connectivity index (χ4v) is 1.51. The van der Waals surface area contributed by atoms with Crippen LogP contribution in [0, 0.1) is 5.82 Å². The van der Waals surface area contributed by atoms with Crippen molar-refractivity contribution < 1.29 is 14.3 Å². The maximum absolute atomic E-state index is 12.8. The number of carboxylic acid groups (broad SMARTS) is 1. The van der Waals surface area contributed by atoms with Gasteiger partial charge < -0.3 is 5.11 Å². The van der Waals surface area contributed by atoms with Crippen molar-refractivity contribution in [3.63, 3.8) is 0 Å². The number of carboxylic acids is 1. The molecule has 0 spiro atoms. The molecule has 2 rings (SSSR count). The lowest BCUT2D eigenvalue weighted by molar-refractivity contribution is -0.141. The fourth-order valence-electron chi connectivity index (χ4n) is 1.51. The summed E-state index contributed by atoms with van der Waals surface area (Å²) in [5, 5.41) is 20.4. The first kappa shape index (κ1) is 12.2. The van der Waals surface area contributed by atoms with E-state index in [0.29, 0.717) is 12.0 Å². The van der Waals surface area contributed by atoms with Crippen molar-refractivity contribution in [1.82, 2.24) is 20.2 Å². The largest absolute Gasteiger partial charge is 0.480 e. The summed E-state index contributed by atoms with van der Waals surface area (Å²) in [6.45, 7) is 1.72. The molecule has 0 saturated carbocycles. The van der Waals surface area contributed by atoms with Crippen molar-refractivity contribution in [2.45, 2.75) is 19.4 Å². The standard InChI is InChI=1S/C11H11FN4O2/c1-2-9(11(17)18)16-14-10(13-15-16)7-3-5-8(12)6-4-7/h3-6,9H,2H2,1H3,(H,17,18). The van der Waals surface area contributed by atoms with Crippen LogP contribution in [0.4, 0.5) is 4.39 Å². The number of aliphatic carboxylic acids is 1. The first-order chi connectivity index (χ1) is 8.61. The van der Waals surface area contributed by atoms with Crippen molar-refractivity contribution in [3.05, 3.63) is 30.1 Å². The summed E-state index contributed by atoms with van der Waals surface area (Å²) in [7, 11) is 0. The van der Waals surface area contributed by atoms with Crippen molar-refractivity contribution in [2.75, 3.05) is 0 Å². The van der Waals surface area contributed by atoms with Gasteiger partial charge in [0, 0.05) is 5.56 Å². The van der Waals surface area contributed by atoms with Gasteiger partial charge in [0.05, 0.1) is 0 Å². The first-order valence-corrected chi connectivity index (χ1v) is 5.40. The van der Waals surface area contributed by atoms with Crippen LogP contribution in [0.2, 0.25) is 0 Å². The third kappa shape index (κ3) is 2.34. The first-order valence-electron chi connectivity index (χ1n) is 5.40. The summed E-state index contributed by atoms with van der Waals surface area (Å²) < 4.78 is 12.8. The van der Waals surface area contributed by atoms with Crippen LogP contribution in [0.5, 0.6) is 0 Å². The second-order valence-electron chi connectivity index (χ2n) is 3.70. The number of halogens is 1. The van der Waals surface area contributed by atoms with Gasteiger partial charge in [0.15, 0.2) is 6.04 Å². The third-order valence-electron chi connectivity index (χ3n) is 2.48. The maximum Gasteiger partial charge on any atom is 0.330 e. The molecular weight excluding hydrogens is 239 g/mol. The molecule has 1 heterocycles. The Labute approximate surface area is 102 Å². The predicted molar refractivity (Wildman–Crippen MR) is 60.2 cm³/mol. The van der Waals surface area contributed by atoms with Gasteiger partial charge in [0.1, 0.15) is 5.82 Å². The molecule has 1 unspecified atom stereocenters. The average molecular weight is 250 g/mol. The molecule has 1 N–H and O–H groups in total. The Morgan fingerprint density at radius 3 is 2.67 bits per heavy atom. The molecule has 6 nitrogen and oxygen atoms in total. The molecule has 0 bridgehead atoms. The predicted octanol–water partition coefficient (Wildman–Crippen LogP) is 1.51. The van der Waals surface area contributed by atoms with E-state index in [1.54, 1.807) is 6.92 Å². The highest BCUT2D eigenvalue weighted by Gasteiger charge is 2.20. The van der Waals surface area contributed by atoms with Crippen molar-refractivity contribution in [2.24, 2.45) is 0 Å². The average Bonchev–Trinajstić information content (AvgIpc) is 2.80. The Morgan fingerprint density at radius 2 is 2.11 bits per heavy atom. The van der Waals surface area contributed by atoms with E-state index >= 15 is 0 Å². The number of rotatable bonds is 4. The lowest BCUT2D eigenvalue weighted by Gasteiger charge is -2.06. The van der Waals surface area contributed by atoms with Crippen LogP contribution in [-0.4, -0.2) is 31.3 Å². The smallest absolute Gasteiger partial charge is 0.330 e. The van der Waals surface area contributed by atoms with Gasteiger partial charge in [-0.05, 0) is 35.9 Å². The Balaban J connectivity index is 2.30. The fraction of sp³-hybridized carbons (Fsp3) is 0.273. The molecule has 1 aromatic carbocycles. The van der Waals surface area contributed by atoms with Gasteiger partial charge in [-0.25, -0.2) is 9.18 Å². The van der Waals surface area contributed by atoms with Gasteiger partial charge in [-0.15, -0.1) is 15.0 Å². The molecular formula is C11H11FN4O2. The minimum absolute atomic E-state index is 0.273. The van der Waals surface area contributed by atoms with E-state index in [9.17, 15) is 9.18 Å². The number of hydrogen-bond acceptors (Lipinski definition) is 4. The van der Waals surface area contributed by atoms with Gasteiger partial charge in [-0.1, -0.05) is 6.92 Å². The van der Waals surface area contributed by atoms with E-state index in [2.05, 4.69) is 15.4 Å². The Morgan fingerprint density at radius 1 is 1.44 bits per heavy atom. The number of tetrazole rings is 1. The quantitative estimate of drug-likeness (QED) is 0.889. The van der Waals surface area contributed by atoms with E-state index in [1.165, 1.54) is 24.3 Å². The molecule has 94 valence electrons. The summed E-state index contributed by atoms with van der Waals surface area (Å²) in [6.07, 6.45) is 0.356. The number of hydrogen-bond donors (Lipinski definition) is 1. The summed E-state index contributed by atoms with van der Waals surface area (Å²) >= 11 is 0. The lowest BCUT2D eigenvalue weighted by atomic mass is 10.2. The molecule has 1 aromatic heterocycles. The summed E-state index contributed by atoms with van der Waals surface area (Å²) in [6, 6.07) is 4.75. The van der Waals surface area contributed by atoms with Crippen LogP contribution < -0.4 is 0 Å². The van der Waals surface area contributed by atoms with Crippen LogP contribution in [0.15, 0.2) is 24.3 Å². The highest BCUT2D eigenvalue weighted by atomic mass is 19.1. The summed E-state index contributed by atoms with van der Waals surface area (Å²) in [5.74, 6) is -1.10. The molecule has 0 fully saturated rings. The molecule has 0 radical (unpaired) electrons. The minimum Gasteiger partial charge on any atom is -0.480 e. The highest BCUT2D eigenvalue weighted by Crippen LogP contribution is 2.16. The molecule has 1 atom stereocenters. The SMILES string of the molecule is CCC(C(=O)O)n1nnc(-c2ccc(F)cc2)n1. The van der Waals surface area contributed by atoms with Crippen molar-refractivity contribution >= 4 is 5.97 Å². The molecule has 0 aliphatic heterocycles. The summed E-state index contributed by atoms with van der Waals surface area (Å²) in [4.78, 5) is 12.0. The zero-order chi connectivity index (χ0) is 13.1. The number of benzene rings is 1. The normalized spacial score (nSPS) is 12.3. The van der Waals surface area contributed by atoms with Crippen LogP contribution in [0.3, 0.4) is 0 Å². The van der Waals surface area contributed by atoms with E-state index in [1.807, 2.05) is 0 Å². The Hall–Kier alpha value is -2.31. The van der Waals surface area contributed by atoms with Crippen LogP contribution in [0.25, 0.3) is 11.4 Å². The second kappa shape index (κ2) is 4.91. The van der Waals surface area contributed by atoms with E-state index in [-0.39, 0.29) is 11.6 Å². The molecule has 0 amide bonds. The lowest BCUT2D eigenvalue weighted by Crippen LogP contribution is -2.20. The molecule has 18 heavy (non-hydrogen) atoms. The van der Waals surface area contributed by atoms with E-state index in [4.69, 9.17) is 5.11 Å². The Bertz CT molecular complexity index is 552. The van der Waals surface area contributed by atoms with Crippen LogP contribution in [0.1, 0.15) is 19.4 Å². The highest BCUT2D eigenvalue weighted by molar-refractivity contribution is 5.71. The monoisotopic (exact) mass is 250 g/mol. The zero-order valence-corrected chi connectivity index (χ0v) is 9.62. The molecule has 0 aliphatic carbocycles. The summed E-state index contributed by atoms with van der Waals surface area (Å²) in [5.41, 5.74) is 0.586. The van der Waals surface area contributed by atoms with Gasteiger partial charge in [0.2, 0.25) is 5.82 Å². The third-order valence-corrected chi connectivity index (χ3v) is 2.48. The maximum atomic E-state index is 12.8. The molecule has 2 aromatic rings. The van der Waals surface area contributed by atoms with Gasteiger partial charge in [-0.3, -0.25) is 0 Å². The van der Waals surface area contributed by atoms with Gasteiger partial charge in [-0.2, -0.15) is 0 Å². The van der Waals surface area contributed by atoms with Crippen molar-refractivity contribution in [3.8, 4) is 11.4 Å². The second-order valence-corrected chi connectivity index (χ2v) is 3.70. The van der Waals surface area contributed by atoms with Crippen molar-refractivity contribution in [1.29, 1.82) is 0 Å². The minimum atomic E-state index is -1.01. The zero-order valence-electron chi connectivity index (χ0n) is 9.62. The molecule has 7 heteroatoms. The Kier molecular flexibility index (Phi) is 3.31. The number of nitrogens with zero attached hydrogens (tertiary/aromatic N) is 4. The van der Waals surface area contributed by atoms with Gasteiger partial charge in [0.25, 0.3) is 0 Å². The number of aromatic nitrogens is 4. The molecule has 0 aliphatic rings. The number of carbonyl (C=O) groups is 1. The van der Waals surface area contributed by atoms with Gasteiger partial charge >= 0.3 is 5.97 Å². The topological polar surface area (TPSA) is 80.9 Å². The van der Waals surface area contributed by atoms with Crippen LogP contribution >= 0.6 is 0 Å². The molecule has 0 saturated heterocycles. The van der Waals surface area contributed by atoms with Crippen LogP contribution in [-0.2, 0) is 4.79 Å².